The van der Waals surface area contributed by atoms with Crippen LogP contribution in [0.1, 0.15) is 47.6 Å². The summed E-state index contributed by atoms with van der Waals surface area (Å²) in [4.78, 5) is 28.8. The van der Waals surface area contributed by atoms with Gasteiger partial charge in [0.2, 0.25) is 5.91 Å². The lowest BCUT2D eigenvalue weighted by Crippen LogP contribution is -2.50. The first-order valence-electron chi connectivity index (χ1n) is 10.7. The van der Waals surface area contributed by atoms with E-state index >= 15 is 0 Å². The molecule has 6 nitrogen and oxygen atoms in total. The number of piperidine rings is 1. The molecule has 1 aliphatic rings. The maximum Gasteiger partial charge on any atom is 0.264 e. The van der Waals surface area contributed by atoms with Gasteiger partial charge in [0, 0.05) is 40.5 Å². The number of hydrogen-bond acceptors (Lipinski definition) is 4. The number of rotatable bonds is 5. The normalized spacial score (nSPS) is 16.7. The number of halogens is 2. The summed E-state index contributed by atoms with van der Waals surface area (Å²) in [5, 5.41) is 9.87. The Morgan fingerprint density at radius 2 is 2.06 bits per heavy atom. The lowest BCUT2D eigenvalue weighted by molar-refractivity contribution is -0.125. The molecule has 0 aliphatic carbocycles. The minimum atomic E-state index is -0.0660. The van der Waals surface area contributed by atoms with Crippen LogP contribution in [0.4, 0.5) is 0 Å². The van der Waals surface area contributed by atoms with Gasteiger partial charge < -0.3 is 10.2 Å². The molecule has 0 saturated carbocycles. The Labute approximate surface area is 201 Å². The number of carbonyl (C=O) groups excluding carboxylic acids is 2. The van der Waals surface area contributed by atoms with Gasteiger partial charge in [-0.05, 0) is 43.5 Å². The van der Waals surface area contributed by atoms with Crippen LogP contribution in [0, 0.1) is 12.8 Å². The number of likely N-dealkylation sites (tertiary alicyclic amines) is 1. The van der Waals surface area contributed by atoms with Crippen molar-refractivity contribution in [1.82, 2.24) is 20.0 Å². The van der Waals surface area contributed by atoms with Gasteiger partial charge in [-0.2, -0.15) is 5.10 Å². The van der Waals surface area contributed by atoms with E-state index in [1.165, 1.54) is 11.3 Å². The van der Waals surface area contributed by atoms with Crippen LogP contribution in [-0.2, 0) is 11.3 Å². The van der Waals surface area contributed by atoms with Crippen molar-refractivity contribution in [3.8, 4) is 0 Å². The summed E-state index contributed by atoms with van der Waals surface area (Å²) in [5.74, 6) is -0.0309. The van der Waals surface area contributed by atoms with Crippen LogP contribution < -0.4 is 5.32 Å². The van der Waals surface area contributed by atoms with Gasteiger partial charge in [-0.1, -0.05) is 43.1 Å². The molecule has 0 spiro atoms. The Balaban J connectivity index is 1.54. The van der Waals surface area contributed by atoms with Gasteiger partial charge in [-0.15, -0.1) is 11.3 Å². The zero-order chi connectivity index (χ0) is 23.0. The fraction of sp³-hybridized carbons (Fsp3) is 0.435. The summed E-state index contributed by atoms with van der Waals surface area (Å²) in [6, 6.07) is 7.36. The number of nitrogens with one attached hydrogen (secondary N) is 1. The van der Waals surface area contributed by atoms with Crippen molar-refractivity contribution in [2.24, 2.45) is 5.92 Å². The summed E-state index contributed by atoms with van der Waals surface area (Å²) < 4.78 is 1.89. The van der Waals surface area contributed by atoms with Crippen molar-refractivity contribution in [2.75, 3.05) is 13.1 Å². The fourth-order valence-corrected chi connectivity index (χ4v) is 5.54. The molecule has 1 fully saturated rings. The summed E-state index contributed by atoms with van der Waals surface area (Å²) in [5.41, 5.74) is 1.79. The number of fused-ring (bicyclic) bond motifs is 1. The largest absolute Gasteiger partial charge is 0.351 e. The number of benzene rings is 1. The molecular weight excluding hydrogens is 467 g/mol. The average Bonchev–Trinajstić information content (AvgIpc) is 3.31. The van der Waals surface area contributed by atoms with Gasteiger partial charge in [0.1, 0.15) is 4.83 Å². The molecule has 9 heteroatoms. The molecule has 32 heavy (non-hydrogen) atoms. The molecule has 170 valence electrons. The maximum absolute atomic E-state index is 13.3. The molecule has 3 heterocycles. The number of aryl methyl sites for hydroxylation is 1. The van der Waals surface area contributed by atoms with E-state index in [2.05, 4.69) is 10.4 Å². The summed E-state index contributed by atoms with van der Waals surface area (Å²) in [7, 11) is 0. The Bertz CT molecular complexity index is 1170. The summed E-state index contributed by atoms with van der Waals surface area (Å²) in [6.07, 6.45) is 1.77. The first kappa shape index (κ1) is 23.1. The SMILES string of the molecule is Cc1nn(Cc2ccc(Cl)cc2Cl)c2sc(C(=O)N3CCCC(NC(=O)C(C)C)C3)cc12. The second kappa shape index (κ2) is 9.41. The Morgan fingerprint density at radius 1 is 1.28 bits per heavy atom. The van der Waals surface area contributed by atoms with Gasteiger partial charge in [-0.3, -0.25) is 14.3 Å². The number of amides is 2. The highest BCUT2D eigenvalue weighted by Gasteiger charge is 2.28. The average molecular weight is 493 g/mol. The Hall–Kier alpha value is -2.09. The lowest BCUT2D eigenvalue weighted by Gasteiger charge is -2.33. The predicted octanol–water partition coefficient (Wildman–Crippen LogP) is 5.14. The molecular formula is C23H26Cl2N4O2S. The minimum absolute atomic E-state index is 0.00116. The highest BCUT2D eigenvalue weighted by atomic mass is 35.5. The second-order valence-electron chi connectivity index (χ2n) is 8.56. The van der Waals surface area contributed by atoms with Gasteiger partial charge in [0.15, 0.2) is 0 Å². The fourth-order valence-electron chi connectivity index (χ4n) is 3.94. The smallest absolute Gasteiger partial charge is 0.264 e. The number of thiophene rings is 1. The van der Waals surface area contributed by atoms with E-state index in [0.717, 1.165) is 34.3 Å². The van der Waals surface area contributed by atoms with Crippen LogP contribution >= 0.6 is 34.5 Å². The van der Waals surface area contributed by atoms with E-state index < -0.39 is 0 Å². The third-order valence-electron chi connectivity index (χ3n) is 5.73. The maximum atomic E-state index is 13.3. The molecule has 3 aromatic rings. The van der Waals surface area contributed by atoms with E-state index in [4.69, 9.17) is 23.2 Å². The zero-order valence-corrected chi connectivity index (χ0v) is 20.7. The topological polar surface area (TPSA) is 67.2 Å². The van der Waals surface area contributed by atoms with E-state index in [9.17, 15) is 9.59 Å². The van der Waals surface area contributed by atoms with Gasteiger partial charge in [0.05, 0.1) is 17.1 Å². The van der Waals surface area contributed by atoms with Crippen LogP contribution in [0.25, 0.3) is 10.2 Å². The quantitative estimate of drug-likeness (QED) is 0.536. The van der Waals surface area contributed by atoms with Gasteiger partial charge in [0.25, 0.3) is 5.91 Å². The monoisotopic (exact) mass is 492 g/mol. The molecule has 1 unspecified atom stereocenters. The molecule has 0 radical (unpaired) electrons. The number of nitrogens with zero attached hydrogens (tertiary/aromatic N) is 3. The molecule has 1 saturated heterocycles. The Kier molecular flexibility index (Phi) is 6.79. The third-order valence-corrected chi connectivity index (χ3v) is 7.46. The Morgan fingerprint density at radius 3 is 2.78 bits per heavy atom. The van der Waals surface area contributed by atoms with E-state index in [1.54, 1.807) is 6.07 Å². The second-order valence-corrected chi connectivity index (χ2v) is 10.4. The van der Waals surface area contributed by atoms with E-state index in [1.807, 2.05) is 48.6 Å². The molecule has 1 atom stereocenters. The first-order valence-corrected chi connectivity index (χ1v) is 12.3. The van der Waals surface area contributed by atoms with Crippen LogP contribution in [0.5, 0.6) is 0 Å². The predicted molar refractivity (Wildman–Crippen MR) is 130 cm³/mol. The number of aromatic nitrogens is 2. The minimum Gasteiger partial charge on any atom is -0.351 e. The molecule has 2 aromatic heterocycles. The van der Waals surface area contributed by atoms with Crippen molar-refractivity contribution in [3.63, 3.8) is 0 Å². The zero-order valence-electron chi connectivity index (χ0n) is 18.3. The molecule has 0 bridgehead atoms. The van der Waals surface area contributed by atoms with Crippen LogP contribution in [0.3, 0.4) is 0 Å². The molecule has 4 rings (SSSR count). The third kappa shape index (κ3) is 4.80. The molecule has 1 N–H and O–H groups in total. The van der Waals surface area contributed by atoms with E-state index in [-0.39, 0.29) is 23.8 Å². The van der Waals surface area contributed by atoms with Crippen LogP contribution in [0.15, 0.2) is 24.3 Å². The standard InChI is InChI=1S/C23H26Cl2N4O2S/c1-13(2)21(30)26-17-5-4-8-28(12-17)22(31)20-10-18-14(3)27-29(23(18)32-20)11-15-6-7-16(24)9-19(15)25/h6-7,9-10,13,17H,4-5,8,11-12H2,1-3H3,(H,26,30). The van der Waals surface area contributed by atoms with Crippen molar-refractivity contribution < 1.29 is 9.59 Å². The highest BCUT2D eigenvalue weighted by Crippen LogP contribution is 2.31. The summed E-state index contributed by atoms with van der Waals surface area (Å²) >= 11 is 13.8. The lowest BCUT2D eigenvalue weighted by atomic mass is 10.0. The van der Waals surface area contributed by atoms with Crippen molar-refractivity contribution in [1.29, 1.82) is 0 Å². The first-order chi connectivity index (χ1) is 15.2. The van der Waals surface area contributed by atoms with Crippen molar-refractivity contribution in [3.05, 3.63) is 50.4 Å². The van der Waals surface area contributed by atoms with E-state index in [0.29, 0.717) is 34.6 Å². The van der Waals surface area contributed by atoms with Crippen LogP contribution in [-0.4, -0.2) is 45.6 Å². The summed E-state index contributed by atoms with van der Waals surface area (Å²) in [6.45, 7) is 7.44. The van der Waals surface area contributed by atoms with Crippen LogP contribution in [0.2, 0.25) is 10.0 Å². The molecule has 2 amide bonds. The van der Waals surface area contributed by atoms with Gasteiger partial charge in [-0.25, -0.2) is 0 Å². The molecule has 1 aromatic carbocycles. The van der Waals surface area contributed by atoms with Crippen molar-refractivity contribution in [2.45, 2.75) is 46.2 Å². The highest BCUT2D eigenvalue weighted by molar-refractivity contribution is 7.20. The van der Waals surface area contributed by atoms with Gasteiger partial charge >= 0.3 is 0 Å². The molecule has 1 aliphatic heterocycles. The number of hydrogen-bond donors (Lipinski definition) is 1. The van der Waals surface area contributed by atoms with Crippen molar-refractivity contribution >= 4 is 56.6 Å². The number of carbonyl (C=O) groups is 2.